The molecule has 1 fully saturated rings. The summed E-state index contributed by atoms with van der Waals surface area (Å²) in [5, 5.41) is 2.79. The minimum atomic E-state index is -3.91. The fourth-order valence-corrected chi connectivity index (χ4v) is 5.79. The summed E-state index contributed by atoms with van der Waals surface area (Å²) in [6.07, 6.45) is 4.31. The molecule has 28 heavy (non-hydrogen) atoms. The van der Waals surface area contributed by atoms with E-state index in [2.05, 4.69) is 5.32 Å². The van der Waals surface area contributed by atoms with Crippen LogP contribution in [0.15, 0.2) is 53.4 Å². The lowest BCUT2D eigenvalue weighted by Gasteiger charge is -2.29. The largest absolute Gasteiger partial charge is 0.348 e. The second-order valence-corrected chi connectivity index (χ2v) is 9.06. The van der Waals surface area contributed by atoms with Gasteiger partial charge in [0.15, 0.2) is 0 Å². The lowest BCUT2D eigenvalue weighted by molar-refractivity contribution is 0.0809. The number of rotatable bonds is 4. The standard InChI is InChI=1S/C21H22N2O4S/c24-20(22-14-15-7-3-1-4-8-15)16-11-12-18-19(13-16)28(26,27)23(21(18)25)17-9-5-2-6-10-17/h1,3-4,7-8,11-13,17H,2,5-6,9-10,14H2,(H,22,24). The van der Waals surface area contributed by atoms with Gasteiger partial charge in [-0.15, -0.1) is 0 Å². The van der Waals surface area contributed by atoms with Gasteiger partial charge in [-0.25, -0.2) is 12.7 Å². The fourth-order valence-electron chi connectivity index (χ4n) is 3.95. The normalized spacial score (nSPS) is 18.7. The molecule has 0 aromatic heterocycles. The number of hydrogen-bond acceptors (Lipinski definition) is 4. The van der Waals surface area contributed by atoms with Crippen LogP contribution in [0, 0.1) is 0 Å². The molecule has 6 nitrogen and oxygen atoms in total. The molecule has 2 amide bonds. The molecule has 0 atom stereocenters. The van der Waals surface area contributed by atoms with Crippen LogP contribution in [0.25, 0.3) is 0 Å². The molecular formula is C21H22N2O4S. The van der Waals surface area contributed by atoms with E-state index >= 15 is 0 Å². The van der Waals surface area contributed by atoms with E-state index in [1.807, 2.05) is 30.3 Å². The quantitative estimate of drug-likeness (QED) is 0.858. The van der Waals surface area contributed by atoms with Crippen LogP contribution in [0.4, 0.5) is 0 Å². The van der Waals surface area contributed by atoms with Gasteiger partial charge >= 0.3 is 0 Å². The molecule has 0 radical (unpaired) electrons. The molecule has 1 heterocycles. The minimum Gasteiger partial charge on any atom is -0.348 e. The van der Waals surface area contributed by atoms with E-state index in [0.29, 0.717) is 19.4 Å². The topological polar surface area (TPSA) is 83.6 Å². The van der Waals surface area contributed by atoms with E-state index < -0.39 is 15.9 Å². The predicted molar refractivity (Wildman–Crippen MR) is 104 cm³/mol. The molecule has 4 rings (SSSR count). The number of carbonyl (C=O) groups excluding carboxylic acids is 2. The van der Waals surface area contributed by atoms with Gasteiger partial charge in [-0.05, 0) is 36.6 Å². The number of nitrogens with one attached hydrogen (secondary N) is 1. The van der Waals surface area contributed by atoms with Crippen molar-refractivity contribution < 1.29 is 18.0 Å². The molecule has 1 saturated carbocycles. The maximum atomic E-state index is 13.0. The molecule has 1 aliphatic heterocycles. The molecule has 0 spiro atoms. The van der Waals surface area contributed by atoms with Gasteiger partial charge in [-0.1, -0.05) is 49.6 Å². The summed E-state index contributed by atoms with van der Waals surface area (Å²) in [4.78, 5) is 25.2. The Morgan fingerprint density at radius 3 is 2.46 bits per heavy atom. The lowest BCUT2D eigenvalue weighted by Crippen LogP contribution is -2.40. The van der Waals surface area contributed by atoms with Gasteiger partial charge in [0.25, 0.3) is 21.8 Å². The third-order valence-electron chi connectivity index (χ3n) is 5.41. The summed E-state index contributed by atoms with van der Waals surface area (Å²) in [6, 6.07) is 13.5. The zero-order chi connectivity index (χ0) is 19.7. The summed E-state index contributed by atoms with van der Waals surface area (Å²) >= 11 is 0. The number of benzene rings is 2. The van der Waals surface area contributed by atoms with Crippen molar-refractivity contribution in [3.63, 3.8) is 0 Å². The predicted octanol–water partition coefficient (Wildman–Crippen LogP) is 3.09. The van der Waals surface area contributed by atoms with Crippen molar-refractivity contribution >= 4 is 21.8 Å². The van der Waals surface area contributed by atoms with Gasteiger partial charge < -0.3 is 5.32 Å². The van der Waals surface area contributed by atoms with Crippen LogP contribution in [-0.2, 0) is 16.6 Å². The van der Waals surface area contributed by atoms with E-state index in [9.17, 15) is 18.0 Å². The van der Waals surface area contributed by atoms with Gasteiger partial charge in [0, 0.05) is 18.2 Å². The van der Waals surface area contributed by atoms with Crippen LogP contribution in [-0.4, -0.2) is 30.6 Å². The SMILES string of the molecule is O=C(NCc1ccccc1)c1ccc2c(c1)S(=O)(=O)N(C1CCCCC1)C2=O. The Bertz CT molecular complexity index is 1010. The summed E-state index contributed by atoms with van der Waals surface area (Å²) < 4.78 is 27.1. The molecule has 0 saturated heterocycles. The maximum Gasteiger partial charge on any atom is 0.269 e. The van der Waals surface area contributed by atoms with Crippen LogP contribution in [0.1, 0.15) is 58.4 Å². The van der Waals surface area contributed by atoms with E-state index in [4.69, 9.17) is 0 Å². The van der Waals surface area contributed by atoms with Gasteiger partial charge in [-0.2, -0.15) is 0 Å². The lowest BCUT2D eigenvalue weighted by atomic mass is 9.95. The third kappa shape index (κ3) is 3.30. The van der Waals surface area contributed by atoms with Crippen molar-refractivity contribution in [3.05, 3.63) is 65.2 Å². The minimum absolute atomic E-state index is 0.0598. The van der Waals surface area contributed by atoms with Crippen LogP contribution >= 0.6 is 0 Å². The van der Waals surface area contributed by atoms with Crippen molar-refractivity contribution in [1.29, 1.82) is 0 Å². The third-order valence-corrected chi connectivity index (χ3v) is 7.29. The molecule has 0 bridgehead atoms. The van der Waals surface area contributed by atoms with Crippen molar-refractivity contribution in [1.82, 2.24) is 9.62 Å². The van der Waals surface area contributed by atoms with Crippen molar-refractivity contribution in [2.45, 2.75) is 49.6 Å². The Morgan fingerprint density at radius 1 is 1.04 bits per heavy atom. The van der Waals surface area contributed by atoms with E-state index in [0.717, 1.165) is 29.1 Å². The number of fused-ring (bicyclic) bond motifs is 1. The first-order valence-corrected chi connectivity index (χ1v) is 11.0. The average Bonchev–Trinajstić information content (AvgIpc) is 2.92. The van der Waals surface area contributed by atoms with Crippen LogP contribution in [0.3, 0.4) is 0 Å². The van der Waals surface area contributed by atoms with Crippen LogP contribution in [0.5, 0.6) is 0 Å². The zero-order valence-corrected chi connectivity index (χ0v) is 16.2. The van der Waals surface area contributed by atoms with Crippen molar-refractivity contribution in [3.8, 4) is 0 Å². The highest BCUT2D eigenvalue weighted by molar-refractivity contribution is 7.90. The number of carbonyl (C=O) groups is 2. The first kappa shape index (κ1) is 18.7. The second kappa shape index (κ2) is 7.39. The molecule has 146 valence electrons. The van der Waals surface area contributed by atoms with Gasteiger partial charge in [0.05, 0.1) is 5.56 Å². The summed E-state index contributed by atoms with van der Waals surface area (Å²) in [6.45, 7) is 0.344. The van der Waals surface area contributed by atoms with Gasteiger partial charge in [-0.3, -0.25) is 9.59 Å². The first-order valence-electron chi connectivity index (χ1n) is 9.53. The average molecular weight is 398 g/mol. The van der Waals surface area contributed by atoms with Crippen LogP contribution in [0.2, 0.25) is 0 Å². The van der Waals surface area contributed by atoms with Crippen molar-refractivity contribution in [2.75, 3.05) is 0 Å². The number of amides is 2. The molecule has 1 aliphatic carbocycles. The molecule has 7 heteroatoms. The number of sulfonamides is 1. The molecule has 1 N–H and O–H groups in total. The molecule has 2 aromatic rings. The maximum absolute atomic E-state index is 13.0. The Hall–Kier alpha value is -2.67. The Labute approximate surface area is 164 Å². The summed E-state index contributed by atoms with van der Waals surface area (Å²) in [7, 11) is -3.91. The highest BCUT2D eigenvalue weighted by Gasteiger charge is 2.45. The molecule has 2 aliphatic rings. The van der Waals surface area contributed by atoms with Crippen molar-refractivity contribution in [2.24, 2.45) is 0 Å². The Balaban J connectivity index is 1.57. The molecule has 0 unspecified atom stereocenters. The van der Waals surface area contributed by atoms with Gasteiger partial charge in [0.2, 0.25) is 0 Å². The highest BCUT2D eigenvalue weighted by atomic mass is 32.2. The highest BCUT2D eigenvalue weighted by Crippen LogP contribution is 2.36. The van der Waals surface area contributed by atoms with Crippen LogP contribution < -0.4 is 5.32 Å². The molecule has 2 aromatic carbocycles. The Kier molecular flexibility index (Phi) is 4.93. The summed E-state index contributed by atoms with van der Waals surface area (Å²) in [5.41, 5.74) is 1.34. The fraction of sp³-hybridized carbons (Fsp3) is 0.333. The van der Waals surface area contributed by atoms with E-state index in [1.165, 1.54) is 18.2 Å². The zero-order valence-electron chi connectivity index (χ0n) is 15.4. The summed E-state index contributed by atoms with van der Waals surface area (Å²) in [5.74, 6) is -0.844. The number of nitrogens with zero attached hydrogens (tertiary/aromatic N) is 1. The Morgan fingerprint density at radius 2 is 1.75 bits per heavy atom. The monoisotopic (exact) mass is 398 g/mol. The molecular weight excluding hydrogens is 376 g/mol. The second-order valence-electron chi connectivity index (χ2n) is 7.28. The van der Waals surface area contributed by atoms with E-state index in [1.54, 1.807) is 0 Å². The smallest absolute Gasteiger partial charge is 0.269 e. The first-order chi connectivity index (χ1) is 13.5. The van der Waals surface area contributed by atoms with E-state index in [-0.39, 0.29) is 28.0 Å². The van der Waals surface area contributed by atoms with Gasteiger partial charge in [0.1, 0.15) is 4.90 Å². The number of hydrogen-bond donors (Lipinski definition) is 1.